The summed E-state index contributed by atoms with van der Waals surface area (Å²) >= 11 is 0. The maximum Gasteiger partial charge on any atom is 0.0619 e. The molecule has 0 heterocycles. The molecule has 1 fully saturated rings. The van der Waals surface area contributed by atoms with E-state index in [1.54, 1.807) is 0 Å². The minimum Gasteiger partial charge on any atom is -0.392 e. The zero-order valence-corrected chi connectivity index (χ0v) is 8.64. The quantitative estimate of drug-likeness (QED) is 0.690. The SMILES string of the molecule is CCC(C)C(O)C1(C)CCCC1. The van der Waals surface area contributed by atoms with Crippen molar-refractivity contribution >= 4 is 0 Å². The van der Waals surface area contributed by atoms with E-state index in [9.17, 15) is 5.11 Å². The van der Waals surface area contributed by atoms with E-state index in [2.05, 4.69) is 20.8 Å². The Labute approximate surface area is 76.2 Å². The van der Waals surface area contributed by atoms with Gasteiger partial charge in [-0.25, -0.2) is 0 Å². The van der Waals surface area contributed by atoms with E-state index >= 15 is 0 Å². The van der Waals surface area contributed by atoms with Crippen molar-refractivity contribution in [2.24, 2.45) is 11.3 Å². The van der Waals surface area contributed by atoms with Crippen LogP contribution in [0.5, 0.6) is 0 Å². The summed E-state index contributed by atoms with van der Waals surface area (Å²) in [7, 11) is 0. The highest BCUT2D eigenvalue weighted by molar-refractivity contribution is 4.88. The summed E-state index contributed by atoms with van der Waals surface area (Å²) in [6.07, 6.45) is 6.08. The Morgan fingerprint density at radius 2 is 1.83 bits per heavy atom. The van der Waals surface area contributed by atoms with E-state index in [1.807, 2.05) is 0 Å². The van der Waals surface area contributed by atoms with Crippen molar-refractivity contribution in [3.63, 3.8) is 0 Å². The summed E-state index contributed by atoms with van der Waals surface area (Å²) < 4.78 is 0. The molecule has 0 aromatic heterocycles. The van der Waals surface area contributed by atoms with Crippen molar-refractivity contribution in [2.45, 2.75) is 59.0 Å². The lowest BCUT2D eigenvalue weighted by molar-refractivity contribution is -0.000963. The van der Waals surface area contributed by atoms with Crippen LogP contribution >= 0.6 is 0 Å². The van der Waals surface area contributed by atoms with Gasteiger partial charge in [0.25, 0.3) is 0 Å². The average molecular weight is 170 g/mol. The summed E-state index contributed by atoms with van der Waals surface area (Å²) in [6.45, 7) is 6.57. The Morgan fingerprint density at radius 3 is 2.25 bits per heavy atom. The largest absolute Gasteiger partial charge is 0.392 e. The summed E-state index contributed by atoms with van der Waals surface area (Å²) in [5.41, 5.74) is 0.232. The van der Waals surface area contributed by atoms with Gasteiger partial charge in [-0.15, -0.1) is 0 Å². The Hall–Kier alpha value is -0.0400. The second-order valence-corrected chi connectivity index (χ2v) is 4.69. The molecule has 1 rings (SSSR count). The minimum atomic E-state index is -0.0787. The lowest BCUT2D eigenvalue weighted by Gasteiger charge is -2.33. The number of rotatable bonds is 3. The van der Waals surface area contributed by atoms with Gasteiger partial charge in [-0.3, -0.25) is 0 Å². The standard InChI is InChI=1S/C11H22O/c1-4-9(2)10(12)11(3)7-5-6-8-11/h9-10,12H,4-8H2,1-3H3. The van der Waals surface area contributed by atoms with Crippen LogP contribution in [0.2, 0.25) is 0 Å². The maximum absolute atomic E-state index is 10.1. The lowest BCUT2D eigenvalue weighted by atomic mass is 9.76. The first-order valence-electron chi connectivity index (χ1n) is 5.28. The zero-order valence-electron chi connectivity index (χ0n) is 8.64. The third-order valence-electron chi connectivity index (χ3n) is 3.64. The highest BCUT2D eigenvalue weighted by Crippen LogP contribution is 2.43. The van der Waals surface area contributed by atoms with E-state index in [1.165, 1.54) is 25.7 Å². The van der Waals surface area contributed by atoms with Gasteiger partial charge in [0.15, 0.2) is 0 Å². The Morgan fingerprint density at radius 1 is 1.33 bits per heavy atom. The van der Waals surface area contributed by atoms with Crippen LogP contribution in [0, 0.1) is 11.3 Å². The van der Waals surface area contributed by atoms with Gasteiger partial charge < -0.3 is 5.11 Å². The fraction of sp³-hybridized carbons (Fsp3) is 1.00. The van der Waals surface area contributed by atoms with Gasteiger partial charge >= 0.3 is 0 Å². The Bertz CT molecular complexity index is 136. The second-order valence-electron chi connectivity index (χ2n) is 4.69. The molecule has 1 saturated carbocycles. The number of hydrogen-bond acceptors (Lipinski definition) is 1. The first kappa shape index (κ1) is 10.0. The monoisotopic (exact) mass is 170 g/mol. The van der Waals surface area contributed by atoms with Crippen LogP contribution in [0.15, 0.2) is 0 Å². The van der Waals surface area contributed by atoms with Crippen LogP contribution in [-0.4, -0.2) is 11.2 Å². The van der Waals surface area contributed by atoms with Gasteiger partial charge in [0.05, 0.1) is 6.10 Å². The Kier molecular flexibility index (Phi) is 3.16. The molecule has 1 N–H and O–H groups in total. The molecule has 0 aliphatic heterocycles. The van der Waals surface area contributed by atoms with Crippen LogP contribution in [0.4, 0.5) is 0 Å². The zero-order chi connectivity index (χ0) is 9.19. The van der Waals surface area contributed by atoms with Crippen LogP contribution in [0.1, 0.15) is 52.9 Å². The fourth-order valence-electron chi connectivity index (χ4n) is 2.39. The molecule has 1 aliphatic carbocycles. The van der Waals surface area contributed by atoms with E-state index in [0.717, 1.165) is 6.42 Å². The molecule has 0 aromatic carbocycles. The Balaban J connectivity index is 2.54. The molecule has 2 unspecified atom stereocenters. The summed E-state index contributed by atoms with van der Waals surface area (Å²) in [4.78, 5) is 0. The van der Waals surface area contributed by atoms with E-state index in [0.29, 0.717) is 5.92 Å². The van der Waals surface area contributed by atoms with Gasteiger partial charge in [-0.2, -0.15) is 0 Å². The smallest absolute Gasteiger partial charge is 0.0619 e. The third kappa shape index (κ3) is 1.82. The molecule has 1 nitrogen and oxygen atoms in total. The number of hydrogen-bond donors (Lipinski definition) is 1. The fourth-order valence-corrected chi connectivity index (χ4v) is 2.39. The van der Waals surface area contributed by atoms with Crippen molar-refractivity contribution in [1.82, 2.24) is 0 Å². The predicted octanol–water partition coefficient (Wildman–Crippen LogP) is 2.97. The summed E-state index contributed by atoms with van der Waals surface area (Å²) in [6, 6.07) is 0. The van der Waals surface area contributed by atoms with Crippen molar-refractivity contribution in [3.8, 4) is 0 Å². The van der Waals surface area contributed by atoms with E-state index in [-0.39, 0.29) is 11.5 Å². The molecule has 12 heavy (non-hydrogen) atoms. The van der Waals surface area contributed by atoms with Crippen LogP contribution < -0.4 is 0 Å². The van der Waals surface area contributed by atoms with Gasteiger partial charge in [-0.05, 0) is 24.2 Å². The second kappa shape index (κ2) is 3.78. The van der Waals surface area contributed by atoms with Gasteiger partial charge in [0.1, 0.15) is 0 Å². The highest BCUT2D eigenvalue weighted by Gasteiger charge is 2.37. The molecular formula is C11H22O. The molecular weight excluding hydrogens is 148 g/mol. The first-order chi connectivity index (χ1) is 5.60. The average Bonchev–Trinajstić information content (AvgIpc) is 2.50. The van der Waals surface area contributed by atoms with Gasteiger partial charge in [-0.1, -0.05) is 40.0 Å². The van der Waals surface area contributed by atoms with Gasteiger partial charge in [0.2, 0.25) is 0 Å². The number of aliphatic hydroxyl groups excluding tert-OH is 1. The molecule has 0 radical (unpaired) electrons. The molecule has 0 amide bonds. The van der Waals surface area contributed by atoms with Crippen LogP contribution in [0.3, 0.4) is 0 Å². The van der Waals surface area contributed by atoms with Crippen molar-refractivity contribution in [1.29, 1.82) is 0 Å². The predicted molar refractivity (Wildman–Crippen MR) is 52.0 cm³/mol. The topological polar surface area (TPSA) is 20.2 Å². The molecule has 0 spiro atoms. The van der Waals surface area contributed by atoms with E-state index in [4.69, 9.17) is 0 Å². The van der Waals surface area contributed by atoms with Crippen LogP contribution in [-0.2, 0) is 0 Å². The lowest BCUT2D eigenvalue weighted by Crippen LogP contribution is -2.34. The third-order valence-corrected chi connectivity index (χ3v) is 3.64. The molecule has 0 saturated heterocycles. The number of aliphatic hydroxyl groups is 1. The minimum absolute atomic E-state index is 0.0787. The van der Waals surface area contributed by atoms with E-state index < -0.39 is 0 Å². The maximum atomic E-state index is 10.1. The van der Waals surface area contributed by atoms with Crippen molar-refractivity contribution in [3.05, 3.63) is 0 Å². The molecule has 2 atom stereocenters. The molecule has 0 aromatic rings. The van der Waals surface area contributed by atoms with Gasteiger partial charge in [0, 0.05) is 0 Å². The van der Waals surface area contributed by atoms with Crippen molar-refractivity contribution < 1.29 is 5.11 Å². The van der Waals surface area contributed by atoms with Crippen molar-refractivity contribution in [2.75, 3.05) is 0 Å². The molecule has 1 heteroatoms. The molecule has 72 valence electrons. The van der Waals surface area contributed by atoms with Crippen LogP contribution in [0.25, 0.3) is 0 Å². The highest BCUT2D eigenvalue weighted by atomic mass is 16.3. The summed E-state index contributed by atoms with van der Waals surface area (Å²) in [5.74, 6) is 0.466. The summed E-state index contributed by atoms with van der Waals surface area (Å²) in [5, 5.41) is 10.1. The first-order valence-corrected chi connectivity index (χ1v) is 5.28. The molecule has 0 bridgehead atoms. The normalized spacial score (nSPS) is 27.0. The molecule has 1 aliphatic rings.